The minimum absolute atomic E-state index is 0.322. The lowest BCUT2D eigenvalue weighted by molar-refractivity contribution is 0.419. The second-order valence-corrected chi connectivity index (χ2v) is 5.97. The van der Waals surface area contributed by atoms with E-state index in [0.29, 0.717) is 38.9 Å². The zero-order valence-corrected chi connectivity index (χ0v) is 14.3. The lowest BCUT2D eigenvalue weighted by Gasteiger charge is -2.15. The van der Waals surface area contributed by atoms with Gasteiger partial charge in [-0.1, -0.05) is 24.3 Å². The highest BCUT2D eigenvalue weighted by Gasteiger charge is 2.19. The van der Waals surface area contributed by atoms with E-state index >= 15 is 0 Å². The Labute approximate surface area is 153 Å². The van der Waals surface area contributed by atoms with Gasteiger partial charge in [0.15, 0.2) is 0 Å². The van der Waals surface area contributed by atoms with Gasteiger partial charge < -0.3 is 9.72 Å². The topological polar surface area (TPSA) is 55.0 Å². The number of hydrogen-bond acceptors (Lipinski definition) is 3. The molecule has 27 heavy (non-hydrogen) atoms. The molecular weight excluding hydrogens is 350 g/mol. The Morgan fingerprint density at radius 1 is 0.926 bits per heavy atom. The van der Waals surface area contributed by atoms with Crippen molar-refractivity contribution in [2.24, 2.45) is 0 Å². The van der Waals surface area contributed by atoms with Crippen molar-refractivity contribution < 1.29 is 13.5 Å². The van der Waals surface area contributed by atoms with Crippen LogP contribution in [0.4, 0.5) is 8.78 Å². The normalized spacial score (nSPS) is 10.9. The first-order chi connectivity index (χ1) is 13.1. The maximum absolute atomic E-state index is 13.4. The summed E-state index contributed by atoms with van der Waals surface area (Å²) in [6.07, 6.45) is 1.30. The predicted octanol–water partition coefficient (Wildman–Crippen LogP) is 4.54. The molecule has 3 aromatic carbocycles. The molecule has 0 bridgehead atoms. The van der Waals surface area contributed by atoms with E-state index in [2.05, 4.69) is 9.97 Å². The van der Waals surface area contributed by atoms with Gasteiger partial charge in [-0.25, -0.2) is 13.8 Å². The van der Waals surface area contributed by atoms with Gasteiger partial charge in [0.05, 0.1) is 18.8 Å². The quantitative estimate of drug-likeness (QED) is 0.580. The van der Waals surface area contributed by atoms with Crippen molar-refractivity contribution in [3.05, 3.63) is 82.9 Å². The molecule has 6 heteroatoms. The van der Waals surface area contributed by atoms with Crippen molar-refractivity contribution in [2.75, 3.05) is 7.11 Å². The highest BCUT2D eigenvalue weighted by molar-refractivity contribution is 6.05. The molecular formula is C21H14F2N2O2. The molecule has 1 N–H and O–H groups in total. The van der Waals surface area contributed by atoms with Crippen molar-refractivity contribution in [3.8, 4) is 28.0 Å². The second kappa shape index (κ2) is 6.64. The van der Waals surface area contributed by atoms with Crippen LogP contribution in [0.15, 0.2) is 65.7 Å². The van der Waals surface area contributed by atoms with Gasteiger partial charge >= 0.3 is 0 Å². The van der Waals surface area contributed by atoms with Crippen LogP contribution in [0.3, 0.4) is 0 Å². The van der Waals surface area contributed by atoms with Gasteiger partial charge in [0.1, 0.15) is 22.9 Å². The van der Waals surface area contributed by atoms with Crippen LogP contribution < -0.4 is 10.3 Å². The van der Waals surface area contributed by atoms with E-state index in [9.17, 15) is 13.6 Å². The monoisotopic (exact) mass is 364 g/mol. The molecule has 0 amide bonds. The summed E-state index contributed by atoms with van der Waals surface area (Å²) in [5.74, 6) is -0.331. The molecule has 4 rings (SSSR count). The number of rotatable bonds is 3. The number of aromatic amines is 1. The van der Waals surface area contributed by atoms with Crippen molar-refractivity contribution >= 4 is 10.9 Å². The molecule has 4 aromatic rings. The zero-order chi connectivity index (χ0) is 19.0. The van der Waals surface area contributed by atoms with E-state index in [4.69, 9.17) is 4.74 Å². The summed E-state index contributed by atoms with van der Waals surface area (Å²) < 4.78 is 32.3. The number of hydrogen-bond donors (Lipinski definition) is 1. The van der Waals surface area contributed by atoms with Crippen molar-refractivity contribution in [1.82, 2.24) is 9.97 Å². The Morgan fingerprint density at radius 2 is 1.52 bits per heavy atom. The smallest absolute Gasteiger partial charge is 0.259 e. The Balaban J connectivity index is 2.16. The first kappa shape index (κ1) is 16.9. The Hall–Kier alpha value is -3.54. The molecule has 0 saturated heterocycles. The molecule has 0 aliphatic heterocycles. The van der Waals surface area contributed by atoms with Crippen LogP contribution in [-0.4, -0.2) is 17.1 Å². The minimum Gasteiger partial charge on any atom is -0.494 e. The van der Waals surface area contributed by atoms with E-state index in [1.54, 1.807) is 30.3 Å². The molecule has 0 unspecified atom stereocenters. The number of methoxy groups -OCH3 is 1. The van der Waals surface area contributed by atoms with E-state index in [1.807, 2.05) is 0 Å². The van der Waals surface area contributed by atoms with Crippen molar-refractivity contribution in [3.63, 3.8) is 0 Å². The van der Waals surface area contributed by atoms with Crippen LogP contribution in [0.1, 0.15) is 0 Å². The number of benzene rings is 3. The number of halogens is 2. The fourth-order valence-electron chi connectivity index (χ4n) is 3.15. The minimum atomic E-state index is -0.382. The average Bonchev–Trinajstić information content (AvgIpc) is 2.68. The first-order valence-electron chi connectivity index (χ1n) is 8.19. The number of fused-ring (bicyclic) bond motifs is 1. The van der Waals surface area contributed by atoms with Gasteiger partial charge in [-0.05, 0) is 47.0 Å². The Morgan fingerprint density at radius 3 is 2.11 bits per heavy atom. The summed E-state index contributed by atoms with van der Waals surface area (Å²) in [5, 5.41) is 0.322. The van der Waals surface area contributed by atoms with E-state index < -0.39 is 0 Å². The highest BCUT2D eigenvalue weighted by Crippen LogP contribution is 2.40. The molecule has 0 fully saturated rings. The number of H-pyrrole nitrogens is 1. The standard InChI is InChI=1S/C21H14F2N2O2/c1-27-17-10-16(12-2-6-14(22)7-3-12)18(13-4-8-15(23)9-5-13)19-20(17)24-11-25-21(19)26/h2-11H,1H3,(H,24,25,26). The number of aromatic nitrogens is 2. The molecule has 1 aromatic heterocycles. The fourth-order valence-corrected chi connectivity index (χ4v) is 3.15. The third kappa shape index (κ3) is 2.95. The summed E-state index contributed by atoms with van der Waals surface area (Å²) in [6, 6.07) is 13.5. The number of ether oxygens (including phenoxy) is 1. The van der Waals surface area contributed by atoms with E-state index in [-0.39, 0.29) is 17.2 Å². The first-order valence-corrected chi connectivity index (χ1v) is 8.19. The predicted molar refractivity (Wildman–Crippen MR) is 99.7 cm³/mol. The molecule has 0 aliphatic carbocycles. The van der Waals surface area contributed by atoms with Gasteiger partial charge in [-0.2, -0.15) is 0 Å². The van der Waals surface area contributed by atoms with E-state index in [1.165, 1.54) is 37.7 Å². The average molecular weight is 364 g/mol. The fraction of sp³-hybridized carbons (Fsp3) is 0.0476. The molecule has 4 nitrogen and oxygen atoms in total. The highest BCUT2D eigenvalue weighted by atomic mass is 19.1. The summed E-state index contributed by atoms with van der Waals surface area (Å²) >= 11 is 0. The summed E-state index contributed by atoms with van der Waals surface area (Å²) in [6.45, 7) is 0. The van der Waals surface area contributed by atoms with Crippen LogP contribution in [0.25, 0.3) is 33.2 Å². The van der Waals surface area contributed by atoms with Crippen LogP contribution in [0.5, 0.6) is 5.75 Å². The van der Waals surface area contributed by atoms with Crippen molar-refractivity contribution in [2.45, 2.75) is 0 Å². The van der Waals surface area contributed by atoms with Crippen LogP contribution in [-0.2, 0) is 0 Å². The van der Waals surface area contributed by atoms with Gasteiger partial charge in [0, 0.05) is 5.56 Å². The molecule has 0 spiro atoms. The number of nitrogens with zero attached hydrogens (tertiary/aromatic N) is 1. The van der Waals surface area contributed by atoms with Gasteiger partial charge in [0.25, 0.3) is 5.56 Å². The second-order valence-electron chi connectivity index (χ2n) is 5.97. The molecule has 0 aliphatic rings. The summed E-state index contributed by atoms with van der Waals surface area (Å²) in [5.41, 5.74) is 2.62. The molecule has 0 atom stereocenters. The molecule has 1 heterocycles. The third-order valence-electron chi connectivity index (χ3n) is 4.39. The van der Waals surface area contributed by atoms with Crippen LogP contribution >= 0.6 is 0 Å². The lowest BCUT2D eigenvalue weighted by atomic mass is 9.91. The van der Waals surface area contributed by atoms with Gasteiger partial charge in [0.2, 0.25) is 0 Å². The van der Waals surface area contributed by atoms with Crippen LogP contribution in [0.2, 0.25) is 0 Å². The Bertz CT molecular complexity index is 1180. The molecule has 0 saturated carbocycles. The van der Waals surface area contributed by atoms with E-state index in [0.717, 1.165) is 0 Å². The number of nitrogens with one attached hydrogen (secondary N) is 1. The third-order valence-corrected chi connectivity index (χ3v) is 4.39. The van der Waals surface area contributed by atoms with Gasteiger partial charge in [-0.15, -0.1) is 0 Å². The van der Waals surface area contributed by atoms with Crippen LogP contribution in [0, 0.1) is 11.6 Å². The van der Waals surface area contributed by atoms with Gasteiger partial charge in [-0.3, -0.25) is 4.79 Å². The molecule has 134 valence electrons. The van der Waals surface area contributed by atoms with Crippen molar-refractivity contribution in [1.29, 1.82) is 0 Å². The zero-order valence-electron chi connectivity index (χ0n) is 14.3. The molecule has 0 radical (unpaired) electrons. The maximum Gasteiger partial charge on any atom is 0.259 e. The Kier molecular flexibility index (Phi) is 4.16. The lowest BCUT2D eigenvalue weighted by Crippen LogP contribution is -2.09. The summed E-state index contributed by atoms with van der Waals surface area (Å²) in [4.78, 5) is 19.5. The SMILES string of the molecule is COc1cc(-c2ccc(F)cc2)c(-c2ccc(F)cc2)c2c(=O)[nH]cnc12. The maximum atomic E-state index is 13.4. The largest absolute Gasteiger partial charge is 0.494 e. The summed E-state index contributed by atoms with van der Waals surface area (Å²) in [7, 11) is 1.49.